The summed E-state index contributed by atoms with van der Waals surface area (Å²) in [7, 11) is 0. The molecule has 0 fully saturated rings. The molecule has 15 heavy (non-hydrogen) atoms. The molecule has 0 radical (unpaired) electrons. The lowest BCUT2D eigenvalue weighted by atomic mass is 10.3. The molecule has 0 rings (SSSR count). The summed E-state index contributed by atoms with van der Waals surface area (Å²) in [6.45, 7) is 9.09. The van der Waals surface area contributed by atoms with Gasteiger partial charge in [0.1, 0.15) is 6.79 Å². The number of esters is 1. The van der Waals surface area contributed by atoms with Crippen LogP contribution in [0.4, 0.5) is 0 Å². The summed E-state index contributed by atoms with van der Waals surface area (Å²) in [6, 6.07) is 0. The molecule has 0 aliphatic heterocycles. The minimum Gasteiger partial charge on any atom is -0.462 e. The maximum Gasteiger partial charge on any atom is 0.333 e. The van der Waals surface area contributed by atoms with E-state index < -0.39 is 0 Å². The fourth-order valence-electron chi connectivity index (χ4n) is 0.795. The molecule has 0 heterocycles. The van der Waals surface area contributed by atoms with E-state index in [1.54, 1.807) is 6.92 Å². The summed E-state index contributed by atoms with van der Waals surface area (Å²) in [5, 5.41) is 0. The van der Waals surface area contributed by atoms with Crippen LogP contribution in [-0.2, 0) is 19.0 Å². The first-order chi connectivity index (χ1) is 7.18. The second-order valence-corrected chi connectivity index (χ2v) is 3.14. The van der Waals surface area contributed by atoms with Crippen molar-refractivity contribution in [2.75, 3.05) is 26.6 Å². The van der Waals surface area contributed by atoms with Gasteiger partial charge in [-0.3, -0.25) is 0 Å². The Hall–Kier alpha value is -0.870. The van der Waals surface area contributed by atoms with E-state index in [0.717, 1.165) is 12.8 Å². The summed E-state index contributed by atoms with van der Waals surface area (Å²) >= 11 is 0. The highest BCUT2D eigenvalue weighted by Gasteiger charge is 2.01. The minimum atomic E-state index is -0.328. The summed E-state index contributed by atoms with van der Waals surface area (Å²) in [4.78, 5) is 10.9. The maximum atomic E-state index is 10.9. The standard InChI is InChI=1S/C11H20O4/c1-4-13-9-14-7-5-6-8-15-11(12)10(2)3/h2,4-9H2,1,3H3. The average Bonchev–Trinajstić information content (AvgIpc) is 2.21. The third kappa shape index (κ3) is 9.43. The van der Waals surface area contributed by atoms with Gasteiger partial charge in [0, 0.05) is 18.8 Å². The fraction of sp³-hybridized carbons (Fsp3) is 0.727. The zero-order chi connectivity index (χ0) is 11.5. The Morgan fingerprint density at radius 3 is 2.47 bits per heavy atom. The van der Waals surface area contributed by atoms with Crippen molar-refractivity contribution in [1.29, 1.82) is 0 Å². The molecule has 0 aliphatic carbocycles. The first-order valence-corrected chi connectivity index (χ1v) is 5.16. The van der Waals surface area contributed by atoms with Crippen LogP contribution < -0.4 is 0 Å². The Morgan fingerprint density at radius 1 is 1.20 bits per heavy atom. The van der Waals surface area contributed by atoms with Crippen LogP contribution in [0.15, 0.2) is 12.2 Å². The van der Waals surface area contributed by atoms with E-state index in [1.165, 1.54) is 0 Å². The summed E-state index contributed by atoms with van der Waals surface area (Å²) in [6.07, 6.45) is 1.65. The second kappa shape index (κ2) is 9.68. The van der Waals surface area contributed by atoms with Crippen molar-refractivity contribution in [3.05, 3.63) is 12.2 Å². The number of ether oxygens (including phenoxy) is 3. The van der Waals surface area contributed by atoms with E-state index in [1.807, 2.05) is 6.92 Å². The van der Waals surface area contributed by atoms with Gasteiger partial charge in [0.2, 0.25) is 0 Å². The van der Waals surface area contributed by atoms with Crippen molar-refractivity contribution in [2.45, 2.75) is 26.7 Å². The molecular weight excluding hydrogens is 196 g/mol. The molecule has 0 aromatic carbocycles. The van der Waals surface area contributed by atoms with Gasteiger partial charge in [0.15, 0.2) is 0 Å². The van der Waals surface area contributed by atoms with E-state index >= 15 is 0 Å². The summed E-state index contributed by atoms with van der Waals surface area (Å²) in [5.74, 6) is -0.328. The van der Waals surface area contributed by atoms with E-state index in [4.69, 9.17) is 14.2 Å². The molecule has 0 saturated heterocycles. The quantitative estimate of drug-likeness (QED) is 0.255. The van der Waals surface area contributed by atoms with E-state index in [2.05, 4.69) is 6.58 Å². The van der Waals surface area contributed by atoms with E-state index in [-0.39, 0.29) is 5.97 Å². The van der Waals surface area contributed by atoms with Crippen LogP contribution in [-0.4, -0.2) is 32.6 Å². The van der Waals surface area contributed by atoms with Crippen molar-refractivity contribution in [1.82, 2.24) is 0 Å². The first kappa shape index (κ1) is 14.1. The van der Waals surface area contributed by atoms with Gasteiger partial charge in [0.25, 0.3) is 0 Å². The highest BCUT2D eigenvalue weighted by molar-refractivity contribution is 5.86. The van der Waals surface area contributed by atoms with Gasteiger partial charge in [0.05, 0.1) is 6.61 Å². The zero-order valence-electron chi connectivity index (χ0n) is 9.58. The molecule has 0 atom stereocenters. The number of unbranched alkanes of at least 4 members (excludes halogenated alkanes) is 1. The lowest BCUT2D eigenvalue weighted by Gasteiger charge is -2.05. The molecule has 0 saturated carbocycles. The molecule has 4 heteroatoms. The normalized spacial score (nSPS) is 10.0. The van der Waals surface area contributed by atoms with Gasteiger partial charge < -0.3 is 14.2 Å². The van der Waals surface area contributed by atoms with Gasteiger partial charge in [-0.1, -0.05) is 6.58 Å². The number of hydrogen-bond donors (Lipinski definition) is 0. The van der Waals surface area contributed by atoms with Crippen molar-refractivity contribution in [3.63, 3.8) is 0 Å². The maximum absolute atomic E-state index is 10.9. The highest BCUT2D eigenvalue weighted by atomic mass is 16.7. The van der Waals surface area contributed by atoms with Gasteiger partial charge in [-0.15, -0.1) is 0 Å². The summed E-state index contributed by atoms with van der Waals surface area (Å²) in [5.41, 5.74) is 0.433. The number of carbonyl (C=O) groups is 1. The predicted octanol–water partition coefficient (Wildman–Crippen LogP) is 1.90. The van der Waals surface area contributed by atoms with E-state index in [0.29, 0.717) is 32.2 Å². The van der Waals surface area contributed by atoms with Crippen LogP contribution in [0, 0.1) is 0 Å². The van der Waals surface area contributed by atoms with Gasteiger partial charge in [-0.25, -0.2) is 4.79 Å². The van der Waals surface area contributed by atoms with Gasteiger partial charge >= 0.3 is 5.97 Å². The first-order valence-electron chi connectivity index (χ1n) is 5.16. The highest BCUT2D eigenvalue weighted by Crippen LogP contribution is 1.96. The van der Waals surface area contributed by atoms with E-state index in [9.17, 15) is 4.79 Å². The number of carbonyl (C=O) groups excluding carboxylic acids is 1. The van der Waals surface area contributed by atoms with Crippen LogP contribution >= 0.6 is 0 Å². The zero-order valence-corrected chi connectivity index (χ0v) is 9.58. The monoisotopic (exact) mass is 216 g/mol. The molecule has 0 N–H and O–H groups in total. The Kier molecular flexibility index (Phi) is 9.11. The van der Waals surface area contributed by atoms with Crippen LogP contribution in [0.1, 0.15) is 26.7 Å². The van der Waals surface area contributed by atoms with Crippen LogP contribution in [0.3, 0.4) is 0 Å². The molecule has 88 valence electrons. The molecular formula is C11H20O4. The largest absolute Gasteiger partial charge is 0.462 e. The molecule has 0 amide bonds. The molecule has 0 unspecified atom stereocenters. The van der Waals surface area contributed by atoms with Crippen LogP contribution in [0.25, 0.3) is 0 Å². The second-order valence-electron chi connectivity index (χ2n) is 3.14. The molecule has 0 aliphatic rings. The molecule has 0 aromatic heterocycles. The van der Waals surface area contributed by atoms with Crippen LogP contribution in [0.2, 0.25) is 0 Å². The Balaban J connectivity index is 3.11. The topological polar surface area (TPSA) is 44.8 Å². The summed E-state index contributed by atoms with van der Waals surface area (Å²) < 4.78 is 15.0. The third-order valence-corrected chi connectivity index (χ3v) is 1.64. The van der Waals surface area contributed by atoms with Crippen LogP contribution in [0.5, 0.6) is 0 Å². The molecule has 4 nitrogen and oxygen atoms in total. The Labute approximate surface area is 91.2 Å². The number of hydrogen-bond acceptors (Lipinski definition) is 4. The fourth-order valence-corrected chi connectivity index (χ4v) is 0.795. The number of rotatable bonds is 9. The lowest BCUT2D eigenvalue weighted by Crippen LogP contribution is -2.07. The smallest absolute Gasteiger partial charge is 0.333 e. The predicted molar refractivity (Wildman–Crippen MR) is 57.5 cm³/mol. The lowest BCUT2D eigenvalue weighted by molar-refractivity contribution is -0.139. The van der Waals surface area contributed by atoms with Gasteiger partial charge in [-0.05, 0) is 26.7 Å². The van der Waals surface area contributed by atoms with Gasteiger partial charge in [-0.2, -0.15) is 0 Å². The van der Waals surface area contributed by atoms with Crippen molar-refractivity contribution in [3.8, 4) is 0 Å². The SMILES string of the molecule is C=C(C)C(=O)OCCCCOCOCC. The average molecular weight is 216 g/mol. The third-order valence-electron chi connectivity index (χ3n) is 1.64. The Bertz CT molecular complexity index is 189. The molecule has 0 bridgehead atoms. The van der Waals surface area contributed by atoms with Crippen molar-refractivity contribution >= 4 is 5.97 Å². The Morgan fingerprint density at radius 2 is 1.87 bits per heavy atom. The van der Waals surface area contributed by atoms with Crippen molar-refractivity contribution < 1.29 is 19.0 Å². The van der Waals surface area contributed by atoms with Crippen molar-refractivity contribution in [2.24, 2.45) is 0 Å². The molecule has 0 spiro atoms. The molecule has 0 aromatic rings. The minimum absolute atomic E-state index is 0.328.